The van der Waals surface area contributed by atoms with Crippen molar-refractivity contribution in [2.24, 2.45) is 0 Å². The van der Waals surface area contributed by atoms with Crippen molar-refractivity contribution in [1.29, 1.82) is 0 Å². The SMILES string of the molecule is Cc1cccc(/C=C/C(=O)N2CC(=O)Nc3ccccc32)c1. The van der Waals surface area contributed by atoms with Crippen LogP contribution in [0, 0.1) is 6.92 Å². The molecule has 1 heterocycles. The summed E-state index contributed by atoms with van der Waals surface area (Å²) in [5, 5.41) is 2.77. The molecule has 110 valence electrons. The van der Waals surface area contributed by atoms with Crippen LogP contribution >= 0.6 is 0 Å². The molecule has 0 atom stereocenters. The monoisotopic (exact) mass is 292 g/mol. The number of hydrogen-bond donors (Lipinski definition) is 1. The second kappa shape index (κ2) is 5.85. The quantitative estimate of drug-likeness (QED) is 0.865. The Morgan fingerprint density at radius 1 is 1.18 bits per heavy atom. The molecule has 1 aliphatic heterocycles. The number of rotatable bonds is 2. The van der Waals surface area contributed by atoms with E-state index in [1.807, 2.05) is 49.4 Å². The van der Waals surface area contributed by atoms with Gasteiger partial charge in [-0.1, -0.05) is 42.0 Å². The van der Waals surface area contributed by atoms with Crippen LogP contribution in [0.4, 0.5) is 11.4 Å². The Labute approximate surface area is 129 Å². The number of fused-ring (bicyclic) bond motifs is 1. The highest BCUT2D eigenvalue weighted by atomic mass is 16.2. The summed E-state index contributed by atoms with van der Waals surface area (Å²) in [5.74, 6) is -0.389. The molecule has 0 radical (unpaired) electrons. The maximum Gasteiger partial charge on any atom is 0.251 e. The lowest BCUT2D eigenvalue weighted by Gasteiger charge is -2.28. The van der Waals surface area contributed by atoms with Crippen molar-refractivity contribution in [1.82, 2.24) is 0 Å². The minimum absolute atomic E-state index is 0.0357. The molecule has 2 amide bonds. The Balaban J connectivity index is 1.85. The molecule has 22 heavy (non-hydrogen) atoms. The Morgan fingerprint density at radius 3 is 2.82 bits per heavy atom. The summed E-state index contributed by atoms with van der Waals surface area (Å²) in [6, 6.07) is 15.2. The van der Waals surface area contributed by atoms with Crippen molar-refractivity contribution in [3.8, 4) is 0 Å². The second-order valence-electron chi connectivity index (χ2n) is 5.24. The van der Waals surface area contributed by atoms with E-state index in [0.29, 0.717) is 5.69 Å². The van der Waals surface area contributed by atoms with Crippen LogP contribution in [0.1, 0.15) is 11.1 Å². The number of nitrogens with one attached hydrogen (secondary N) is 1. The Bertz CT molecular complexity index is 765. The van der Waals surface area contributed by atoms with Crippen molar-refractivity contribution in [2.75, 3.05) is 16.8 Å². The highest BCUT2D eigenvalue weighted by Crippen LogP contribution is 2.29. The number of aryl methyl sites for hydroxylation is 1. The van der Waals surface area contributed by atoms with Gasteiger partial charge in [-0.3, -0.25) is 14.5 Å². The topological polar surface area (TPSA) is 49.4 Å². The number of carbonyl (C=O) groups excluding carboxylic acids is 2. The predicted octanol–water partition coefficient (Wildman–Crippen LogP) is 2.99. The van der Waals surface area contributed by atoms with Gasteiger partial charge in [-0.2, -0.15) is 0 Å². The standard InChI is InChI=1S/C18H16N2O2/c1-13-5-4-6-14(11-13)9-10-18(22)20-12-17(21)19-15-7-2-3-8-16(15)20/h2-11H,12H2,1H3,(H,19,21)/b10-9+. The first-order valence-electron chi connectivity index (χ1n) is 7.08. The minimum Gasteiger partial charge on any atom is -0.323 e. The van der Waals surface area contributed by atoms with Crippen molar-refractivity contribution in [3.63, 3.8) is 0 Å². The first-order valence-corrected chi connectivity index (χ1v) is 7.08. The molecule has 2 aromatic carbocycles. The maximum absolute atomic E-state index is 12.4. The third kappa shape index (κ3) is 2.91. The summed E-state index contributed by atoms with van der Waals surface area (Å²) in [4.78, 5) is 25.6. The normalized spacial score (nSPS) is 13.9. The van der Waals surface area contributed by atoms with Gasteiger partial charge in [-0.25, -0.2) is 0 Å². The summed E-state index contributed by atoms with van der Waals surface area (Å²) in [6.07, 6.45) is 3.27. The molecule has 2 aromatic rings. The van der Waals surface area contributed by atoms with Gasteiger partial charge in [0.2, 0.25) is 5.91 Å². The lowest BCUT2D eigenvalue weighted by molar-refractivity contribution is -0.119. The Kier molecular flexibility index (Phi) is 3.74. The number of amides is 2. The molecule has 4 heteroatoms. The van der Waals surface area contributed by atoms with Gasteiger partial charge in [0.25, 0.3) is 5.91 Å². The van der Waals surface area contributed by atoms with Crippen molar-refractivity contribution < 1.29 is 9.59 Å². The average Bonchev–Trinajstić information content (AvgIpc) is 2.52. The Hall–Kier alpha value is -2.88. The van der Waals surface area contributed by atoms with E-state index in [1.165, 1.54) is 11.0 Å². The summed E-state index contributed by atoms with van der Waals surface area (Å²) in [7, 11) is 0. The molecule has 1 aliphatic rings. The number of anilines is 2. The highest BCUT2D eigenvalue weighted by Gasteiger charge is 2.24. The van der Waals surface area contributed by atoms with E-state index in [1.54, 1.807) is 12.1 Å². The zero-order chi connectivity index (χ0) is 15.5. The largest absolute Gasteiger partial charge is 0.323 e. The molecule has 0 fully saturated rings. The van der Waals surface area contributed by atoms with E-state index < -0.39 is 0 Å². The lowest BCUT2D eigenvalue weighted by atomic mass is 10.1. The second-order valence-corrected chi connectivity index (χ2v) is 5.24. The van der Waals surface area contributed by atoms with Gasteiger partial charge < -0.3 is 5.32 Å². The fourth-order valence-corrected chi connectivity index (χ4v) is 2.46. The van der Waals surface area contributed by atoms with E-state index in [2.05, 4.69) is 5.32 Å². The molecule has 0 spiro atoms. The molecular weight excluding hydrogens is 276 g/mol. The number of para-hydroxylation sites is 2. The zero-order valence-corrected chi connectivity index (χ0v) is 12.2. The van der Waals surface area contributed by atoms with Crippen LogP contribution in [0.15, 0.2) is 54.6 Å². The molecule has 0 bridgehead atoms. The molecule has 0 aromatic heterocycles. The molecule has 0 aliphatic carbocycles. The van der Waals surface area contributed by atoms with Crippen LogP contribution in [-0.2, 0) is 9.59 Å². The van der Waals surface area contributed by atoms with Crippen molar-refractivity contribution in [3.05, 3.63) is 65.7 Å². The van der Waals surface area contributed by atoms with Crippen molar-refractivity contribution >= 4 is 29.3 Å². The third-order valence-electron chi connectivity index (χ3n) is 3.50. The fourth-order valence-electron chi connectivity index (χ4n) is 2.46. The summed E-state index contributed by atoms with van der Waals surface area (Å²) >= 11 is 0. The van der Waals surface area contributed by atoms with Gasteiger partial charge >= 0.3 is 0 Å². The minimum atomic E-state index is -0.205. The van der Waals surface area contributed by atoms with E-state index in [9.17, 15) is 9.59 Å². The maximum atomic E-state index is 12.4. The average molecular weight is 292 g/mol. The first-order chi connectivity index (χ1) is 10.6. The van der Waals surface area contributed by atoms with Crippen LogP contribution in [-0.4, -0.2) is 18.4 Å². The van der Waals surface area contributed by atoms with Crippen LogP contribution in [0.3, 0.4) is 0 Å². The fraction of sp³-hybridized carbons (Fsp3) is 0.111. The van der Waals surface area contributed by atoms with Crippen LogP contribution < -0.4 is 10.2 Å². The van der Waals surface area contributed by atoms with Gasteiger partial charge in [0.15, 0.2) is 0 Å². The third-order valence-corrected chi connectivity index (χ3v) is 3.50. The molecule has 1 N–H and O–H groups in total. The molecule has 0 saturated heterocycles. The van der Waals surface area contributed by atoms with Gasteiger partial charge in [-0.15, -0.1) is 0 Å². The van der Waals surface area contributed by atoms with Crippen LogP contribution in [0.5, 0.6) is 0 Å². The van der Waals surface area contributed by atoms with Crippen molar-refractivity contribution in [2.45, 2.75) is 6.92 Å². The van der Waals surface area contributed by atoms with E-state index in [-0.39, 0.29) is 18.4 Å². The summed E-state index contributed by atoms with van der Waals surface area (Å²) in [6.45, 7) is 2.04. The summed E-state index contributed by atoms with van der Waals surface area (Å²) < 4.78 is 0. The molecule has 0 saturated carbocycles. The van der Waals surface area contributed by atoms with Gasteiger partial charge in [-0.05, 0) is 30.7 Å². The predicted molar refractivity (Wildman–Crippen MR) is 87.6 cm³/mol. The van der Waals surface area contributed by atoms with E-state index >= 15 is 0 Å². The molecule has 3 rings (SSSR count). The number of carbonyl (C=O) groups is 2. The van der Waals surface area contributed by atoms with Gasteiger partial charge in [0.1, 0.15) is 6.54 Å². The molecule has 0 unspecified atom stereocenters. The Morgan fingerprint density at radius 2 is 2.00 bits per heavy atom. The van der Waals surface area contributed by atoms with Gasteiger partial charge in [0.05, 0.1) is 11.4 Å². The van der Waals surface area contributed by atoms with Crippen LogP contribution in [0.25, 0.3) is 6.08 Å². The van der Waals surface area contributed by atoms with Gasteiger partial charge in [0, 0.05) is 6.08 Å². The first kappa shape index (κ1) is 14.1. The zero-order valence-electron chi connectivity index (χ0n) is 12.2. The number of nitrogens with zero attached hydrogens (tertiary/aromatic N) is 1. The number of benzene rings is 2. The lowest BCUT2D eigenvalue weighted by Crippen LogP contribution is -2.41. The van der Waals surface area contributed by atoms with E-state index in [0.717, 1.165) is 16.8 Å². The smallest absolute Gasteiger partial charge is 0.251 e. The number of hydrogen-bond acceptors (Lipinski definition) is 2. The van der Waals surface area contributed by atoms with E-state index in [4.69, 9.17) is 0 Å². The van der Waals surface area contributed by atoms with Crippen LogP contribution in [0.2, 0.25) is 0 Å². The highest BCUT2D eigenvalue weighted by molar-refractivity contribution is 6.13. The molecule has 4 nitrogen and oxygen atoms in total. The summed E-state index contributed by atoms with van der Waals surface area (Å²) in [5.41, 5.74) is 3.48. The molecular formula is C18H16N2O2.